The second kappa shape index (κ2) is 4.29. The van der Waals surface area contributed by atoms with Gasteiger partial charge in [-0.2, -0.15) is 5.26 Å². The van der Waals surface area contributed by atoms with Crippen molar-refractivity contribution >= 4 is 31.4 Å². The Morgan fingerprint density at radius 2 is 2.21 bits per heavy atom. The van der Waals surface area contributed by atoms with Gasteiger partial charge in [0, 0.05) is 6.42 Å². The topological polar surface area (TPSA) is 70.8 Å². The van der Waals surface area contributed by atoms with Gasteiger partial charge in [-0.15, -0.1) is 11.3 Å². The Morgan fingerprint density at radius 1 is 1.42 bits per heavy atom. The van der Waals surface area contributed by atoms with Crippen LogP contribution < -0.4 is 0 Å². The summed E-state index contributed by atoms with van der Waals surface area (Å²) in [5.41, 5.74) is 0.128. The Balaban J connectivity index is 1.94. The highest BCUT2D eigenvalue weighted by molar-refractivity contribution is 7.91. The van der Waals surface area contributed by atoms with Gasteiger partial charge in [-0.3, -0.25) is 0 Å². The summed E-state index contributed by atoms with van der Waals surface area (Å²) in [5.74, 6) is 0.0812. The molecular formula is C13H12N2O2S2. The smallest absolute Gasteiger partial charge is 0.151 e. The predicted octanol–water partition coefficient (Wildman–Crippen LogP) is 2.17. The van der Waals surface area contributed by atoms with Crippen LogP contribution in [-0.2, 0) is 16.3 Å². The first-order valence-corrected chi connectivity index (χ1v) is 8.62. The molecule has 0 aliphatic carbocycles. The third-order valence-corrected chi connectivity index (χ3v) is 6.31. The van der Waals surface area contributed by atoms with E-state index in [1.54, 1.807) is 11.3 Å². The fraction of sp³-hybridized carbons (Fsp3) is 0.385. The number of fused-ring (bicyclic) bond motifs is 1. The molecule has 98 valence electrons. The van der Waals surface area contributed by atoms with Crippen molar-refractivity contribution in [2.45, 2.75) is 12.8 Å². The summed E-state index contributed by atoms with van der Waals surface area (Å²) < 4.78 is 24.3. The summed E-state index contributed by atoms with van der Waals surface area (Å²) in [5, 5.41) is 10.2. The third kappa shape index (κ3) is 2.36. The second-order valence-corrected chi connectivity index (χ2v) is 8.29. The summed E-state index contributed by atoms with van der Waals surface area (Å²) in [6.07, 6.45) is 0.851. The van der Waals surface area contributed by atoms with Gasteiger partial charge >= 0.3 is 0 Å². The van der Waals surface area contributed by atoms with Crippen molar-refractivity contribution in [3.63, 3.8) is 0 Å². The van der Waals surface area contributed by atoms with Crippen molar-refractivity contribution in [2.75, 3.05) is 11.5 Å². The molecule has 1 aromatic carbocycles. The first kappa shape index (κ1) is 12.6. The molecule has 1 atom stereocenters. The maximum atomic E-state index is 11.6. The Kier molecular flexibility index (Phi) is 2.84. The maximum Gasteiger partial charge on any atom is 0.151 e. The molecule has 4 nitrogen and oxygen atoms in total. The Morgan fingerprint density at radius 3 is 2.84 bits per heavy atom. The molecule has 1 aromatic heterocycles. The van der Waals surface area contributed by atoms with E-state index in [-0.39, 0.29) is 11.5 Å². The van der Waals surface area contributed by atoms with Gasteiger partial charge in [-0.1, -0.05) is 12.1 Å². The first-order chi connectivity index (χ1) is 9.02. The normalized spacial score (nSPS) is 25.4. The van der Waals surface area contributed by atoms with Crippen LogP contribution in [0.3, 0.4) is 0 Å². The summed E-state index contributed by atoms with van der Waals surface area (Å²) in [4.78, 5) is 4.49. The molecule has 0 radical (unpaired) electrons. The molecule has 2 heterocycles. The van der Waals surface area contributed by atoms with Crippen LogP contribution in [-0.4, -0.2) is 24.9 Å². The molecule has 2 aromatic rings. The highest BCUT2D eigenvalue weighted by Crippen LogP contribution is 2.37. The number of nitrogens with zero attached hydrogens (tertiary/aromatic N) is 2. The Bertz CT molecular complexity index is 740. The van der Waals surface area contributed by atoms with E-state index >= 15 is 0 Å². The van der Waals surface area contributed by atoms with Crippen molar-refractivity contribution in [2.24, 2.45) is 5.41 Å². The molecule has 0 bridgehead atoms. The molecule has 19 heavy (non-hydrogen) atoms. The Labute approximate surface area is 115 Å². The minimum atomic E-state index is -3.06. The first-order valence-electron chi connectivity index (χ1n) is 5.98. The number of rotatable bonds is 2. The van der Waals surface area contributed by atoms with Crippen LogP contribution in [0.4, 0.5) is 0 Å². The number of benzene rings is 1. The van der Waals surface area contributed by atoms with Crippen molar-refractivity contribution in [1.82, 2.24) is 4.98 Å². The van der Waals surface area contributed by atoms with Crippen molar-refractivity contribution in [3.05, 3.63) is 29.3 Å². The van der Waals surface area contributed by atoms with Crippen LogP contribution >= 0.6 is 11.3 Å². The number of nitriles is 1. The van der Waals surface area contributed by atoms with E-state index in [1.165, 1.54) is 0 Å². The molecule has 1 fully saturated rings. The molecular weight excluding hydrogens is 280 g/mol. The molecule has 1 aliphatic heterocycles. The van der Waals surface area contributed by atoms with Crippen LogP contribution in [0.5, 0.6) is 0 Å². The molecule has 0 spiro atoms. The van der Waals surface area contributed by atoms with Gasteiger partial charge in [-0.05, 0) is 18.6 Å². The van der Waals surface area contributed by atoms with Crippen LogP contribution in [0.2, 0.25) is 0 Å². The van der Waals surface area contributed by atoms with Gasteiger partial charge in [0.2, 0.25) is 0 Å². The van der Waals surface area contributed by atoms with Crippen LogP contribution in [0, 0.1) is 16.7 Å². The van der Waals surface area contributed by atoms with Crippen molar-refractivity contribution in [3.8, 4) is 6.07 Å². The zero-order valence-corrected chi connectivity index (χ0v) is 11.8. The van der Waals surface area contributed by atoms with E-state index in [0.29, 0.717) is 12.8 Å². The van der Waals surface area contributed by atoms with Crippen LogP contribution in [0.15, 0.2) is 24.3 Å². The average Bonchev–Trinajstić information content (AvgIpc) is 2.90. The van der Waals surface area contributed by atoms with Gasteiger partial charge in [0.05, 0.1) is 38.2 Å². The summed E-state index contributed by atoms with van der Waals surface area (Å²) in [6, 6.07) is 10.0. The van der Waals surface area contributed by atoms with E-state index in [0.717, 1.165) is 15.2 Å². The highest BCUT2D eigenvalue weighted by Gasteiger charge is 2.43. The number of aromatic nitrogens is 1. The van der Waals surface area contributed by atoms with Gasteiger partial charge < -0.3 is 0 Å². The van der Waals surface area contributed by atoms with E-state index in [1.807, 2.05) is 24.3 Å². The number of sulfone groups is 1. The van der Waals surface area contributed by atoms with Gasteiger partial charge in [0.25, 0.3) is 0 Å². The Hall–Kier alpha value is -1.45. The molecule has 1 saturated heterocycles. The van der Waals surface area contributed by atoms with E-state index < -0.39 is 15.3 Å². The minimum absolute atomic E-state index is 0.0353. The molecule has 3 rings (SSSR count). The lowest BCUT2D eigenvalue weighted by Gasteiger charge is -2.16. The van der Waals surface area contributed by atoms with E-state index in [4.69, 9.17) is 0 Å². The highest BCUT2D eigenvalue weighted by atomic mass is 32.2. The van der Waals surface area contributed by atoms with Gasteiger partial charge in [0.1, 0.15) is 0 Å². The summed E-state index contributed by atoms with van der Waals surface area (Å²) >= 11 is 1.54. The van der Waals surface area contributed by atoms with Gasteiger partial charge in [0.15, 0.2) is 9.84 Å². The number of thiazole rings is 1. The van der Waals surface area contributed by atoms with Crippen LogP contribution in [0.25, 0.3) is 10.2 Å². The minimum Gasteiger partial charge on any atom is -0.241 e. The van der Waals surface area contributed by atoms with Crippen molar-refractivity contribution in [1.29, 1.82) is 5.26 Å². The number of hydrogen-bond donors (Lipinski definition) is 0. The fourth-order valence-electron chi connectivity index (χ4n) is 2.47. The zero-order chi connectivity index (χ0) is 13.5. The molecule has 0 amide bonds. The molecule has 1 unspecified atom stereocenters. The van der Waals surface area contributed by atoms with Gasteiger partial charge in [-0.25, -0.2) is 13.4 Å². The lowest BCUT2D eigenvalue weighted by molar-refractivity contribution is 0.450. The maximum absolute atomic E-state index is 11.6. The summed E-state index contributed by atoms with van der Waals surface area (Å²) in [6.45, 7) is 0. The number of hydrogen-bond acceptors (Lipinski definition) is 5. The lowest BCUT2D eigenvalue weighted by atomic mass is 9.86. The average molecular weight is 292 g/mol. The third-order valence-electron chi connectivity index (χ3n) is 3.45. The quantitative estimate of drug-likeness (QED) is 0.850. The molecule has 1 aliphatic rings. The van der Waals surface area contributed by atoms with E-state index in [9.17, 15) is 13.7 Å². The number of para-hydroxylation sites is 1. The summed E-state index contributed by atoms with van der Waals surface area (Å²) in [7, 11) is -3.06. The van der Waals surface area contributed by atoms with E-state index in [2.05, 4.69) is 11.1 Å². The predicted molar refractivity (Wildman–Crippen MR) is 74.6 cm³/mol. The zero-order valence-electron chi connectivity index (χ0n) is 10.2. The fourth-order valence-corrected chi connectivity index (χ4v) is 5.58. The lowest BCUT2D eigenvalue weighted by Crippen LogP contribution is -2.23. The van der Waals surface area contributed by atoms with Crippen LogP contribution in [0.1, 0.15) is 11.4 Å². The molecule has 6 heteroatoms. The van der Waals surface area contributed by atoms with Crippen molar-refractivity contribution < 1.29 is 8.42 Å². The standard InChI is InChI=1S/C13H12N2O2S2/c14-8-13(5-6-19(16,17)9-13)7-12-15-10-3-1-2-4-11(10)18-12/h1-4H,5-7,9H2. The SMILES string of the molecule is N#CC1(Cc2nc3ccccc3s2)CCS(=O)(=O)C1. The largest absolute Gasteiger partial charge is 0.241 e. The molecule has 0 saturated carbocycles. The second-order valence-electron chi connectivity index (χ2n) is 4.99. The monoisotopic (exact) mass is 292 g/mol. The molecule has 0 N–H and O–H groups in total.